The summed E-state index contributed by atoms with van der Waals surface area (Å²) >= 11 is 1.64. The van der Waals surface area contributed by atoms with Crippen LogP contribution in [0.25, 0.3) is 4.91 Å². The SMILES string of the molecule is C=C/C=C(\SC)c1cccc(NC(=O)/C(C=C)=C/C=C(C)C)c1. The summed E-state index contributed by atoms with van der Waals surface area (Å²) in [6, 6.07) is 7.75. The molecule has 1 rings (SSSR count). The van der Waals surface area contributed by atoms with Crippen molar-refractivity contribution in [3.8, 4) is 0 Å². The van der Waals surface area contributed by atoms with Crippen LogP contribution in [0.1, 0.15) is 19.4 Å². The Hall–Kier alpha value is -2.26. The fraction of sp³-hybridized carbons (Fsp3) is 0.150. The van der Waals surface area contributed by atoms with Gasteiger partial charge in [0.25, 0.3) is 5.91 Å². The summed E-state index contributed by atoms with van der Waals surface area (Å²) in [5.41, 5.74) is 3.45. The summed E-state index contributed by atoms with van der Waals surface area (Å²) in [4.78, 5) is 13.4. The van der Waals surface area contributed by atoms with E-state index in [2.05, 4.69) is 18.5 Å². The van der Waals surface area contributed by atoms with Crippen LogP contribution in [0.2, 0.25) is 0 Å². The zero-order valence-electron chi connectivity index (χ0n) is 13.9. The molecule has 2 nitrogen and oxygen atoms in total. The Kier molecular flexibility index (Phi) is 7.92. The first kappa shape index (κ1) is 18.8. The number of hydrogen-bond donors (Lipinski definition) is 1. The Labute approximate surface area is 143 Å². The third-order valence-corrected chi connectivity index (χ3v) is 3.78. The van der Waals surface area contributed by atoms with Crippen LogP contribution in [-0.4, -0.2) is 12.2 Å². The number of amides is 1. The van der Waals surface area contributed by atoms with Crippen molar-refractivity contribution in [2.45, 2.75) is 13.8 Å². The van der Waals surface area contributed by atoms with E-state index in [-0.39, 0.29) is 5.91 Å². The molecule has 0 saturated heterocycles. The van der Waals surface area contributed by atoms with Gasteiger partial charge in [0.15, 0.2) is 0 Å². The van der Waals surface area contributed by atoms with Crippen LogP contribution in [0.15, 0.2) is 78.9 Å². The summed E-state index contributed by atoms with van der Waals surface area (Å²) < 4.78 is 0. The van der Waals surface area contributed by atoms with E-state index in [0.717, 1.165) is 21.7 Å². The van der Waals surface area contributed by atoms with Crippen LogP contribution in [0, 0.1) is 0 Å². The van der Waals surface area contributed by atoms with Crippen molar-refractivity contribution in [2.75, 3.05) is 11.6 Å². The van der Waals surface area contributed by atoms with E-state index < -0.39 is 0 Å². The predicted octanol–water partition coefficient (Wildman–Crippen LogP) is 5.59. The van der Waals surface area contributed by atoms with Gasteiger partial charge in [0.2, 0.25) is 0 Å². The number of rotatable bonds is 7. The number of nitrogens with one attached hydrogen (secondary N) is 1. The highest BCUT2D eigenvalue weighted by atomic mass is 32.2. The first-order chi connectivity index (χ1) is 11.0. The molecule has 3 heteroatoms. The van der Waals surface area contributed by atoms with Gasteiger partial charge in [-0.1, -0.05) is 49.1 Å². The largest absolute Gasteiger partial charge is 0.322 e. The van der Waals surface area contributed by atoms with Gasteiger partial charge in [0.1, 0.15) is 0 Å². The number of benzene rings is 1. The average Bonchev–Trinajstić information content (AvgIpc) is 2.53. The average molecular weight is 325 g/mol. The molecule has 0 aromatic heterocycles. The second-order valence-electron chi connectivity index (χ2n) is 5.08. The van der Waals surface area contributed by atoms with E-state index in [1.54, 1.807) is 30.0 Å². The van der Waals surface area contributed by atoms with Crippen LogP contribution < -0.4 is 5.32 Å². The van der Waals surface area contributed by atoms with E-state index in [4.69, 9.17) is 0 Å². The summed E-state index contributed by atoms with van der Waals surface area (Å²) in [6.07, 6.45) is 10.9. The van der Waals surface area contributed by atoms with Crippen molar-refractivity contribution in [3.63, 3.8) is 0 Å². The van der Waals surface area contributed by atoms with Crippen molar-refractivity contribution >= 4 is 28.3 Å². The molecular weight excluding hydrogens is 302 g/mol. The minimum absolute atomic E-state index is 0.173. The Morgan fingerprint density at radius 2 is 1.91 bits per heavy atom. The van der Waals surface area contributed by atoms with Gasteiger partial charge in [-0.3, -0.25) is 4.79 Å². The maximum Gasteiger partial charge on any atom is 0.255 e. The summed E-state index contributed by atoms with van der Waals surface area (Å²) in [5.74, 6) is -0.173. The topological polar surface area (TPSA) is 29.1 Å². The highest BCUT2D eigenvalue weighted by Gasteiger charge is 2.07. The molecule has 0 heterocycles. The molecule has 1 amide bonds. The smallest absolute Gasteiger partial charge is 0.255 e. The predicted molar refractivity (Wildman–Crippen MR) is 104 cm³/mol. The second kappa shape index (κ2) is 9.70. The lowest BCUT2D eigenvalue weighted by Crippen LogP contribution is -2.13. The molecule has 0 spiro atoms. The van der Waals surface area contributed by atoms with Gasteiger partial charge >= 0.3 is 0 Å². The molecule has 120 valence electrons. The Balaban J connectivity index is 3.01. The maximum atomic E-state index is 12.3. The lowest BCUT2D eigenvalue weighted by atomic mass is 10.1. The first-order valence-corrected chi connectivity index (χ1v) is 8.50. The first-order valence-electron chi connectivity index (χ1n) is 7.28. The third-order valence-electron chi connectivity index (χ3n) is 2.97. The highest BCUT2D eigenvalue weighted by Crippen LogP contribution is 2.27. The van der Waals surface area contributed by atoms with Crippen molar-refractivity contribution < 1.29 is 4.79 Å². The van der Waals surface area contributed by atoms with Crippen LogP contribution >= 0.6 is 11.8 Å². The fourth-order valence-electron chi connectivity index (χ4n) is 1.84. The fourth-order valence-corrected chi connectivity index (χ4v) is 2.43. The van der Waals surface area contributed by atoms with Crippen LogP contribution in [0.5, 0.6) is 0 Å². The molecule has 0 aliphatic heterocycles. The normalized spacial score (nSPS) is 11.6. The molecule has 23 heavy (non-hydrogen) atoms. The number of carbonyl (C=O) groups excluding carboxylic acids is 1. The minimum Gasteiger partial charge on any atom is -0.322 e. The number of allylic oxidation sites excluding steroid dienone is 5. The lowest BCUT2D eigenvalue weighted by Gasteiger charge is -2.09. The summed E-state index contributed by atoms with van der Waals surface area (Å²) in [6.45, 7) is 11.4. The zero-order valence-corrected chi connectivity index (χ0v) is 14.7. The van der Waals surface area contributed by atoms with Gasteiger partial charge in [-0.15, -0.1) is 11.8 Å². The molecule has 0 saturated carbocycles. The molecule has 1 aromatic carbocycles. The van der Waals surface area contributed by atoms with Gasteiger partial charge in [-0.2, -0.15) is 0 Å². The van der Waals surface area contributed by atoms with Gasteiger partial charge in [0.05, 0.1) is 0 Å². The molecule has 0 aliphatic carbocycles. The van der Waals surface area contributed by atoms with Crippen LogP contribution in [0.4, 0.5) is 5.69 Å². The summed E-state index contributed by atoms with van der Waals surface area (Å²) in [7, 11) is 0. The van der Waals surface area contributed by atoms with Gasteiger partial charge < -0.3 is 5.32 Å². The van der Waals surface area contributed by atoms with Crippen LogP contribution in [0.3, 0.4) is 0 Å². The zero-order chi connectivity index (χ0) is 17.2. The molecule has 0 atom stereocenters. The summed E-state index contributed by atoms with van der Waals surface area (Å²) in [5, 5.41) is 2.91. The van der Waals surface area contributed by atoms with Gasteiger partial charge in [0, 0.05) is 16.2 Å². The Morgan fingerprint density at radius 1 is 1.17 bits per heavy atom. The molecule has 0 aliphatic rings. The number of carbonyl (C=O) groups is 1. The molecule has 0 unspecified atom stereocenters. The standard InChI is InChI=1S/C20H23NOS/c1-6-9-19(23-5)17-10-8-11-18(14-17)21-20(22)16(7-2)13-12-15(3)4/h6-14H,1-2H2,3-5H3,(H,21,22)/b16-13+,19-9-. The minimum atomic E-state index is -0.173. The van der Waals surface area contributed by atoms with E-state index in [1.165, 1.54) is 0 Å². The monoisotopic (exact) mass is 325 g/mol. The Morgan fingerprint density at radius 3 is 2.48 bits per heavy atom. The van der Waals surface area contributed by atoms with E-state index in [1.807, 2.05) is 56.5 Å². The highest BCUT2D eigenvalue weighted by molar-refractivity contribution is 8.07. The quantitative estimate of drug-likeness (QED) is 0.523. The second-order valence-corrected chi connectivity index (χ2v) is 5.92. The van der Waals surface area contributed by atoms with Crippen molar-refractivity contribution in [3.05, 3.63) is 84.5 Å². The third kappa shape index (κ3) is 6.17. The van der Waals surface area contributed by atoms with Gasteiger partial charge in [-0.25, -0.2) is 0 Å². The van der Waals surface area contributed by atoms with Crippen molar-refractivity contribution in [1.82, 2.24) is 0 Å². The van der Waals surface area contributed by atoms with E-state index in [0.29, 0.717) is 5.57 Å². The van der Waals surface area contributed by atoms with E-state index >= 15 is 0 Å². The van der Waals surface area contributed by atoms with Gasteiger partial charge in [-0.05, 0) is 50.0 Å². The number of anilines is 1. The number of thioether (sulfide) groups is 1. The maximum absolute atomic E-state index is 12.3. The van der Waals surface area contributed by atoms with Crippen molar-refractivity contribution in [1.29, 1.82) is 0 Å². The molecule has 0 radical (unpaired) electrons. The number of hydrogen-bond acceptors (Lipinski definition) is 2. The molecule has 1 aromatic rings. The molecule has 1 N–H and O–H groups in total. The van der Waals surface area contributed by atoms with E-state index in [9.17, 15) is 4.79 Å². The van der Waals surface area contributed by atoms with Crippen LogP contribution in [-0.2, 0) is 4.79 Å². The lowest BCUT2D eigenvalue weighted by molar-refractivity contribution is -0.112. The van der Waals surface area contributed by atoms with Crippen molar-refractivity contribution in [2.24, 2.45) is 0 Å². The molecular formula is C20H23NOS. The molecule has 0 bridgehead atoms. The Bertz CT molecular complexity index is 677. The molecule has 0 fully saturated rings.